The smallest absolute Gasteiger partial charge is 0.115 e. The molecule has 0 saturated carbocycles. The van der Waals surface area contributed by atoms with Crippen molar-refractivity contribution < 1.29 is 0 Å². The highest BCUT2D eigenvalue weighted by Gasteiger charge is 2.26. The van der Waals surface area contributed by atoms with Gasteiger partial charge in [-0.2, -0.15) is 0 Å². The number of benzene rings is 8. The van der Waals surface area contributed by atoms with Crippen LogP contribution in [0.5, 0.6) is 0 Å². The fraction of sp³-hybridized carbons (Fsp3) is 0. The molecule has 0 fully saturated rings. The molecule has 50 heavy (non-hydrogen) atoms. The first-order valence-corrected chi connectivity index (χ1v) is 16.8. The first-order chi connectivity index (χ1) is 24.8. The van der Waals surface area contributed by atoms with Crippen molar-refractivity contribution in [3.8, 4) is 66.8 Å². The molecule has 228 valence electrons. The second-order valence-electron chi connectivity index (χ2n) is 13.4. The molecule has 10 aromatic rings. The molecule has 2 aliphatic carbocycles. The van der Waals surface area contributed by atoms with Crippen LogP contribution in [0.3, 0.4) is 0 Å². The van der Waals surface area contributed by atoms with E-state index in [-0.39, 0.29) is 0 Å². The number of hydrogen-bond donors (Lipinski definition) is 0. The number of fused-ring (bicyclic) bond motifs is 11. The summed E-state index contributed by atoms with van der Waals surface area (Å²) >= 11 is 0. The van der Waals surface area contributed by atoms with Gasteiger partial charge in [-0.15, -0.1) is 10.2 Å². The summed E-state index contributed by atoms with van der Waals surface area (Å²) in [6, 6.07) is 40.8. The van der Waals surface area contributed by atoms with Gasteiger partial charge in [0.2, 0.25) is 0 Å². The molecule has 0 unspecified atom stereocenters. The molecule has 12 rings (SSSR count). The zero-order valence-electron chi connectivity index (χ0n) is 26.5. The number of nitrogens with zero attached hydrogens (tertiary/aromatic N) is 5. The molecule has 2 heterocycles. The molecule has 5 nitrogen and oxygen atoms in total. The number of rotatable bonds is 2. The maximum absolute atomic E-state index is 4.46. The summed E-state index contributed by atoms with van der Waals surface area (Å²) in [5.41, 5.74) is 14.3. The minimum atomic E-state index is 0.938. The highest BCUT2D eigenvalue weighted by atomic mass is 15.3. The van der Waals surface area contributed by atoms with Gasteiger partial charge in [-0.3, -0.25) is 0 Å². The molecule has 0 spiro atoms. The van der Waals surface area contributed by atoms with E-state index in [4.69, 9.17) is 0 Å². The molecule has 0 bridgehead atoms. The molecular formula is C45H23N5. The van der Waals surface area contributed by atoms with E-state index in [0.717, 1.165) is 27.6 Å². The van der Waals surface area contributed by atoms with Crippen molar-refractivity contribution in [1.29, 1.82) is 0 Å². The predicted molar refractivity (Wildman–Crippen MR) is 203 cm³/mol. The van der Waals surface area contributed by atoms with Gasteiger partial charge in [0.05, 0.1) is 12.4 Å². The van der Waals surface area contributed by atoms with E-state index in [1.54, 1.807) is 6.33 Å². The second kappa shape index (κ2) is 9.40. The van der Waals surface area contributed by atoms with Crippen LogP contribution in [0, 0.1) is 0 Å². The molecule has 0 N–H and O–H groups in total. The highest BCUT2D eigenvalue weighted by Crippen LogP contribution is 2.53. The lowest BCUT2D eigenvalue weighted by molar-refractivity contribution is 0.867. The average molecular weight is 634 g/mol. The first-order valence-electron chi connectivity index (χ1n) is 16.8. The van der Waals surface area contributed by atoms with Crippen molar-refractivity contribution in [3.05, 3.63) is 140 Å². The van der Waals surface area contributed by atoms with E-state index < -0.39 is 0 Å². The minimum absolute atomic E-state index is 0.938. The monoisotopic (exact) mass is 633 g/mol. The van der Waals surface area contributed by atoms with Crippen molar-refractivity contribution in [2.45, 2.75) is 0 Å². The lowest BCUT2D eigenvalue weighted by atomic mass is 9.85. The van der Waals surface area contributed by atoms with Crippen molar-refractivity contribution in [2.75, 3.05) is 0 Å². The van der Waals surface area contributed by atoms with Gasteiger partial charge in [0, 0.05) is 23.5 Å². The van der Waals surface area contributed by atoms with Crippen molar-refractivity contribution in [1.82, 2.24) is 25.4 Å². The molecule has 8 aromatic carbocycles. The van der Waals surface area contributed by atoms with E-state index in [1.807, 2.05) is 24.8 Å². The Morgan fingerprint density at radius 2 is 0.680 bits per heavy atom. The van der Waals surface area contributed by atoms with Crippen LogP contribution in [0.25, 0.3) is 121 Å². The lowest BCUT2D eigenvalue weighted by Gasteiger charge is -2.18. The average Bonchev–Trinajstić information content (AvgIpc) is 3.67. The van der Waals surface area contributed by atoms with Gasteiger partial charge < -0.3 is 0 Å². The normalized spacial score (nSPS) is 12.4. The fourth-order valence-corrected chi connectivity index (χ4v) is 8.90. The third-order valence-electron chi connectivity index (χ3n) is 11.0. The van der Waals surface area contributed by atoms with E-state index >= 15 is 0 Å². The third kappa shape index (κ3) is 3.33. The minimum Gasteiger partial charge on any atom is -0.244 e. The number of aromatic nitrogens is 5. The van der Waals surface area contributed by atoms with Crippen LogP contribution >= 0.6 is 0 Å². The number of hydrogen-bond acceptors (Lipinski definition) is 5. The molecule has 0 aliphatic heterocycles. The van der Waals surface area contributed by atoms with Crippen molar-refractivity contribution >= 4 is 53.9 Å². The predicted octanol–water partition coefficient (Wildman–Crippen LogP) is 11.1. The Labute approximate surface area is 285 Å². The quantitative estimate of drug-likeness (QED) is 0.177. The van der Waals surface area contributed by atoms with E-state index in [2.05, 4.69) is 135 Å². The van der Waals surface area contributed by atoms with Gasteiger partial charge in [-0.25, -0.2) is 9.97 Å². The summed E-state index contributed by atoms with van der Waals surface area (Å²) in [4.78, 5) is 8.92. The van der Waals surface area contributed by atoms with Gasteiger partial charge in [-0.05, 0) is 151 Å². The Morgan fingerprint density at radius 1 is 0.320 bits per heavy atom. The van der Waals surface area contributed by atoms with Crippen LogP contribution in [0.2, 0.25) is 0 Å². The van der Waals surface area contributed by atoms with Crippen molar-refractivity contribution in [2.24, 2.45) is 0 Å². The molecule has 0 atom stereocenters. The maximum atomic E-state index is 4.46. The SMILES string of the molecule is c1cc2c3c(cccc3c1)-c1cc3c(cc1-2)c(-c1cncnc1)cc1c2cc4c(cc2c(-c2cnnnc2)cc31)-c1cccc2cccc-4c12. The van der Waals surface area contributed by atoms with E-state index in [9.17, 15) is 0 Å². The second-order valence-corrected chi connectivity index (χ2v) is 13.4. The Hall–Kier alpha value is -6.85. The van der Waals surface area contributed by atoms with Crippen LogP contribution in [-0.2, 0) is 0 Å². The molecule has 0 radical (unpaired) electrons. The third-order valence-corrected chi connectivity index (χ3v) is 11.0. The summed E-state index contributed by atoms with van der Waals surface area (Å²) < 4.78 is 0. The first kappa shape index (κ1) is 26.1. The summed E-state index contributed by atoms with van der Waals surface area (Å²) in [5, 5.41) is 24.5. The highest BCUT2D eigenvalue weighted by molar-refractivity contribution is 6.29. The van der Waals surface area contributed by atoms with Crippen LogP contribution in [0.15, 0.2) is 140 Å². The molecule has 0 amide bonds. The molecular weight excluding hydrogens is 611 g/mol. The van der Waals surface area contributed by atoms with Crippen LogP contribution in [0.1, 0.15) is 0 Å². The van der Waals surface area contributed by atoms with Gasteiger partial charge in [0.15, 0.2) is 0 Å². The largest absolute Gasteiger partial charge is 0.244 e. The fourth-order valence-electron chi connectivity index (χ4n) is 8.90. The summed E-state index contributed by atoms with van der Waals surface area (Å²) in [7, 11) is 0. The molecule has 5 heteroatoms. The summed E-state index contributed by atoms with van der Waals surface area (Å²) in [6.45, 7) is 0. The topological polar surface area (TPSA) is 64.5 Å². The molecule has 2 aromatic heterocycles. The van der Waals surface area contributed by atoms with E-state index in [0.29, 0.717) is 0 Å². The maximum Gasteiger partial charge on any atom is 0.115 e. The van der Waals surface area contributed by atoms with Gasteiger partial charge in [0.1, 0.15) is 6.33 Å². The van der Waals surface area contributed by atoms with Crippen LogP contribution < -0.4 is 0 Å². The Morgan fingerprint density at radius 3 is 1.12 bits per heavy atom. The van der Waals surface area contributed by atoms with Gasteiger partial charge in [0.25, 0.3) is 0 Å². The van der Waals surface area contributed by atoms with Crippen LogP contribution in [-0.4, -0.2) is 25.4 Å². The molecule has 2 aliphatic rings. The lowest BCUT2D eigenvalue weighted by Crippen LogP contribution is -1.93. The van der Waals surface area contributed by atoms with Gasteiger partial charge >= 0.3 is 0 Å². The Bertz CT molecular complexity index is 2910. The standard InChI is InChI=1S/C45H23N5/c1-5-24-7-3-11-30-36-17-42-38(15-34(36)28(9-1)44(24)30)32(26-19-46-23-47-20-26)13-40-41(42)14-33(27-21-48-50-49-22-27)39-16-35-29-10-2-6-25-8-4-12-31(45(25)29)37(35)18-43(39)40/h1-23H. The Kier molecular flexibility index (Phi) is 4.91. The molecule has 0 saturated heterocycles. The van der Waals surface area contributed by atoms with Crippen LogP contribution in [0.4, 0.5) is 0 Å². The van der Waals surface area contributed by atoms with Gasteiger partial charge in [-0.1, -0.05) is 72.8 Å². The Balaban J connectivity index is 1.28. The summed E-state index contributed by atoms with van der Waals surface area (Å²) in [6.07, 6.45) is 9.10. The zero-order chi connectivity index (χ0) is 32.5. The zero-order valence-corrected chi connectivity index (χ0v) is 26.5. The summed E-state index contributed by atoms with van der Waals surface area (Å²) in [5.74, 6) is 0. The van der Waals surface area contributed by atoms with E-state index in [1.165, 1.54) is 93.0 Å². The van der Waals surface area contributed by atoms with Crippen molar-refractivity contribution in [3.63, 3.8) is 0 Å².